The van der Waals surface area contributed by atoms with Crippen LogP contribution < -0.4 is 5.32 Å². The van der Waals surface area contributed by atoms with Crippen LogP contribution in [-0.2, 0) is 19.2 Å². The van der Waals surface area contributed by atoms with Crippen molar-refractivity contribution < 1.29 is 24.3 Å². The summed E-state index contributed by atoms with van der Waals surface area (Å²) in [6, 6.07) is -2.11. The number of aliphatic carboxylic acids is 1. The van der Waals surface area contributed by atoms with E-state index in [9.17, 15) is 24.3 Å². The first-order valence-corrected chi connectivity index (χ1v) is 15.5. The molecule has 0 spiro atoms. The molecule has 3 atom stereocenters. The Labute approximate surface area is 230 Å². The van der Waals surface area contributed by atoms with Crippen molar-refractivity contribution in [3.63, 3.8) is 0 Å². The third-order valence-corrected chi connectivity index (χ3v) is 8.21. The van der Waals surface area contributed by atoms with Gasteiger partial charge in [0.25, 0.3) is 0 Å². The van der Waals surface area contributed by atoms with Crippen molar-refractivity contribution in [2.24, 2.45) is 0 Å². The molecule has 0 aromatic rings. The Balaban J connectivity index is 1.67. The molecule has 8 heteroatoms. The van der Waals surface area contributed by atoms with Crippen molar-refractivity contribution in [3.8, 4) is 0 Å². The molecule has 2 aliphatic heterocycles. The molecule has 2 heterocycles. The van der Waals surface area contributed by atoms with Gasteiger partial charge in [-0.05, 0) is 38.5 Å². The fourth-order valence-electron chi connectivity index (χ4n) is 5.86. The van der Waals surface area contributed by atoms with Gasteiger partial charge in [-0.15, -0.1) is 0 Å². The van der Waals surface area contributed by atoms with Gasteiger partial charge < -0.3 is 20.2 Å². The van der Waals surface area contributed by atoms with Gasteiger partial charge in [0, 0.05) is 19.5 Å². The number of likely N-dealkylation sites (tertiary alicyclic amines) is 2. The first-order chi connectivity index (χ1) is 18.4. The lowest BCUT2D eigenvalue weighted by Gasteiger charge is -2.31. The molecular formula is C30H53N3O5. The van der Waals surface area contributed by atoms with Gasteiger partial charge in [-0.2, -0.15) is 0 Å². The largest absolute Gasteiger partial charge is 0.480 e. The van der Waals surface area contributed by atoms with E-state index in [1.54, 1.807) is 16.7 Å². The highest BCUT2D eigenvalue weighted by Crippen LogP contribution is 2.26. The number of carbonyl (C=O) groups is 4. The van der Waals surface area contributed by atoms with Crippen LogP contribution in [0.4, 0.5) is 0 Å². The lowest BCUT2D eigenvalue weighted by Crippen LogP contribution is -2.54. The highest BCUT2D eigenvalue weighted by atomic mass is 16.4. The summed E-state index contributed by atoms with van der Waals surface area (Å²) in [5.74, 6) is -1.60. The summed E-state index contributed by atoms with van der Waals surface area (Å²) in [4.78, 5) is 53.7. The fourth-order valence-corrected chi connectivity index (χ4v) is 5.86. The van der Waals surface area contributed by atoms with Crippen molar-refractivity contribution >= 4 is 23.7 Å². The summed E-state index contributed by atoms with van der Waals surface area (Å²) in [5, 5.41) is 11.8. The molecule has 38 heavy (non-hydrogen) atoms. The number of unbranched alkanes of at least 4 members (excludes halogenated alkanes) is 12. The number of carbonyl (C=O) groups excluding carboxylic acids is 3. The summed E-state index contributed by atoms with van der Waals surface area (Å²) in [6.45, 7) is 5.02. The Morgan fingerprint density at radius 1 is 0.737 bits per heavy atom. The number of hydrogen-bond donors (Lipinski definition) is 2. The van der Waals surface area contributed by atoms with E-state index in [-0.39, 0.29) is 18.2 Å². The molecule has 2 aliphatic rings. The Morgan fingerprint density at radius 3 is 1.76 bits per heavy atom. The van der Waals surface area contributed by atoms with Gasteiger partial charge in [0.05, 0.1) is 0 Å². The van der Waals surface area contributed by atoms with E-state index in [2.05, 4.69) is 12.2 Å². The highest BCUT2D eigenvalue weighted by molar-refractivity contribution is 5.94. The van der Waals surface area contributed by atoms with Crippen LogP contribution in [0.2, 0.25) is 0 Å². The molecule has 0 aromatic heterocycles. The summed E-state index contributed by atoms with van der Waals surface area (Å²) in [5.41, 5.74) is 0. The number of nitrogens with zero attached hydrogens (tertiary/aromatic N) is 2. The van der Waals surface area contributed by atoms with E-state index in [0.29, 0.717) is 38.8 Å². The maximum atomic E-state index is 13.4. The molecule has 0 saturated carbocycles. The quantitative estimate of drug-likeness (QED) is 0.215. The zero-order valence-electron chi connectivity index (χ0n) is 24.1. The second kappa shape index (κ2) is 18.2. The molecule has 0 bridgehead atoms. The van der Waals surface area contributed by atoms with Crippen LogP contribution >= 0.6 is 0 Å². The topological polar surface area (TPSA) is 107 Å². The number of carboxylic acid groups (broad SMARTS) is 1. The number of carboxylic acids is 1. The van der Waals surface area contributed by atoms with Crippen LogP contribution in [0, 0.1) is 0 Å². The van der Waals surface area contributed by atoms with Crippen LogP contribution in [0.15, 0.2) is 0 Å². The third kappa shape index (κ3) is 10.6. The average Bonchev–Trinajstić information content (AvgIpc) is 3.59. The van der Waals surface area contributed by atoms with Crippen molar-refractivity contribution in [3.05, 3.63) is 0 Å². The number of amides is 3. The molecule has 2 rings (SSSR count). The van der Waals surface area contributed by atoms with Crippen LogP contribution in [0.5, 0.6) is 0 Å². The first kappa shape index (κ1) is 32.1. The van der Waals surface area contributed by atoms with Crippen molar-refractivity contribution in [2.45, 2.75) is 154 Å². The Hall–Kier alpha value is -2.12. The van der Waals surface area contributed by atoms with Gasteiger partial charge in [-0.25, -0.2) is 4.79 Å². The molecule has 0 radical (unpaired) electrons. The average molecular weight is 536 g/mol. The van der Waals surface area contributed by atoms with Crippen molar-refractivity contribution in [1.82, 2.24) is 15.1 Å². The summed E-state index contributed by atoms with van der Waals surface area (Å²) >= 11 is 0. The molecular weight excluding hydrogens is 482 g/mol. The van der Waals surface area contributed by atoms with E-state index in [4.69, 9.17) is 0 Å². The molecule has 218 valence electrons. The lowest BCUT2D eigenvalue weighted by molar-refractivity contribution is -0.148. The minimum Gasteiger partial charge on any atom is -0.480 e. The van der Waals surface area contributed by atoms with Gasteiger partial charge in [-0.1, -0.05) is 90.9 Å². The molecule has 1 unspecified atom stereocenters. The zero-order valence-corrected chi connectivity index (χ0v) is 24.1. The number of hydrogen-bond acceptors (Lipinski definition) is 4. The van der Waals surface area contributed by atoms with E-state index in [1.165, 1.54) is 64.2 Å². The standard InChI is InChI=1S/C30H53N3O5/c1-3-5-6-7-8-9-10-11-12-13-14-15-16-21-27(34)32-22-18-20-26(32)29(36)33-23-17-19-25(33)28(35)31-24(4-2)30(37)38/h24-26H,3-23H2,1-2H3,(H,31,35)(H,37,38)/t24?,25-,26-/m0/s1. The Kier molecular flexibility index (Phi) is 15.4. The number of nitrogens with one attached hydrogen (secondary N) is 1. The van der Waals surface area contributed by atoms with Crippen LogP contribution in [0.3, 0.4) is 0 Å². The maximum Gasteiger partial charge on any atom is 0.326 e. The Morgan fingerprint density at radius 2 is 1.24 bits per heavy atom. The lowest BCUT2D eigenvalue weighted by atomic mass is 10.0. The van der Waals surface area contributed by atoms with E-state index in [0.717, 1.165) is 25.7 Å². The first-order valence-electron chi connectivity index (χ1n) is 15.5. The number of rotatable bonds is 19. The normalized spacial score (nSPS) is 20.1. The monoisotopic (exact) mass is 535 g/mol. The van der Waals surface area contributed by atoms with Gasteiger partial charge in [0.2, 0.25) is 17.7 Å². The summed E-state index contributed by atoms with van der Waals surface area (Å²) < 4.78 is 0. The summed E-state index contributed by atoms with van der Waals surface area (Å²) in [6.07, 6.45) is 19.8. The minimum absolute atomic E-state index is 0.0426. The predicted octanol–water partition coefficient (Wildman–Crippen LogP) is 5.43. The second-order valence-electron chi connectivity index (χ2n) is 11.2. The van der Waals surface area contributed by atoms with Crippen LogP contribution in [0.25, 0.3) is 0 Å². The molecule has 2 fully saturated rings. The Bertz CT molecular complexity index is 743. The molecule has 2 N–H and O–H groups in total. The van der Waals surface area contributed by atoms with E-state index in [1.807, 2.05) is 0 Å². The second-order valence-corrected chi connectivity index (χ2v) is 11.2. The van der Waals surface area contributed by atoms with Crippen molar-refractivity contribution in [1.29, 1.82) is 0 Å². The van der Waals surface area contributed by atoms with Gasteiger partial charge in [0.15, 0.2) is 0 Å². The van der Waals surface area contributed by atoms with Crippen molar-refractivity contribution in [2.75, 3.05) is 13.1 Å². The molecule has 0 aliphatic carbocycles. The smallest absolute Gasteiger partial charge is 0.326 e. The molecule has 8 nitrogen and oxygen atoms in total. The van der Waals surface area contributed by atoms with Gasteiger partial charge >= 0.3 is 5.97 Å². The fraction of sp³-hybridized carbons (Fsp3) is 0.867. The van der Waals surface area contributed by atoms with E-state index < -0.39 is 30.0 Å². The van der Waals surface area contributed by atoms with Crippen LogP contribution in [-0.4, -0.2) is 69.8 Å². The SMILES string of the molecule is CCCCCCCCCCCCCCCC(=O)N1CCC[C@H]1C(=O)N1CCC[C@H]1C(=O)NC(CC)C(=O)O. The predicted molar refractivity (Wildman–Crippen MR) is 150 cm³/mol. The highest BCUT2D eigenvalue weighted by Gasteiger charge is 2.42. The third-order valence-electron chi connectivity index (χ3n) is 8.21. The van der Waals surface area contributed by atoms with Crippen LogP contribution in [0.1, 0.15) is 136 Å². The van der Waals surface area contributed by atoms with Gasteiger partial charge in [-0.3, -0.25) is 14.4 Å². The minimum atomic E-state index is -1.07. The molecule has 0 aromatic carbocycles. The maximum absolute atomic E-state index is 13.4. The van der Waals surface area contributed by atoms with Gasteiger partial charge in [0.1, 0.15) is 18.1 Å². The molecule has 3 amide bonds. The molecule has 2 saturated heterocycles. The zero-order chi connectivity index (χ0) is 27.8. The summed E-state index contributed by atoms with van der Waals surface area (Å²) in [7, 11) is 0. The van der Waals surface area contributed by atoms with E-state index >= 15 is 0 Å².